The van der Waals surface area contributed by atoms with Crippen LogP contribution < -0.4 is 5.32 Å². The number of rotatable bonds is 3. The highest BCUT2D eigenvalue weighted by Gasteiger charge is 2.58. The molecule has 9 atom stereocenters. The Morgan fingerprint density at radius 1 is 1.10 bits per heavy atom. The number of amides is 1. The molecule has 1 amide bonds. The summed E-state index contributed by atoms with van der Waals surface area (Å²) in [4.78, 5) is 16.8. The maximum atomic E-state index is 12.7. The minimum absolute atomic E-state index is 0.0103. The molecule has 2 N–H and O–H groups in total. The van der Waals surface area contributed by atoms with Gasteiger partial charge >= 0.3 is 0 Å². The number of carbonyl (C=O) groups excluding carboxylic acids is 1. The lowest BCUT2D eigenvalue weighted by atomic mass is 9.49. The Hall–Kier alpha value is -1.42. The summed E-state index contributed by atoms with van der Waals surface area (Å²) in [5, 5.41) is 13.9. The van der Waals surface area contributed by atoms with E-state index >= 15 is 0 Å². The Kier molecular flexibility index (Phi) is 5.44. The van der Waals surface area contributed by atoms with Crippen molar-refractivity contribution in [1.29, 1.82) is 0 Å². The molecule has 0 saturated heterocycles. The van der Waals surface area contributed by atoms with Gasteiger partial charge < -0.3 is 10.4 Å². The molecule has 31 heavy (non-hydrogen) atoms. The fraction of sp³-hybridized carbons (Fsp3) is 0.778. The van der Waals surface area contributed by atoms with E-state index in [9.17, 15) is 9.90 Å². The quantitative estimate of drug-likeness (QED) is 0.699. The maximum absolute atomic E-state index is 12.7. The van der Waals surface area contributed by atoms with Crippen molar-refractivity contribution in [2.75, 3.05) is 0 Å². The monoisotopic (exact) mass is 424 g/mol. The van der Waals surface area contributed by atoms with E-state index in [0.717, 1.165) is 42.4 Å². The van der Waals surface area contributed by atoms with Crippen molar-refractivity contribution in [2.45, 2.75) is 90.2 Å². The molecule has 1 heterocycles. The van der Waals surface area contributed by atoms with Crippen LogP contribution in [-0.2, 0) is 0 Å². The van der Waals surface area contributed by atoms with Gasteiger partial charge in [0.2, 0.25) is 0 Å². The Morgan fingerprint density at radius 3 is 2.68 bits per heavy atom. The second kappa shape index (κ2) is 7.86. The average Bonchev–Trinajstić information content (AvgIpc) is 3.10. The lowest BCUT2D eigenvalue weighted by Crippen LogP contribution is -2.52. The first kappa shape index (κ1) is 21.4. The first-order valence-electron chi connectivity index (χ1n) is 12.7. The second-order valence-corrected chi connectivity index (χ2v) is 11.9. The normalized spacial score (nSPS) is 45.2. The Labute approximate surface area is 187 Å². The van der Waals surface area contributed by atoms with Crippen molar-refractivity contribution in [1.82, 2.24) is 10.3 Å². The standard InChI is InChI=1S/C27H40N2O2/c1-17(29-25(30)19-5-4-14-28-16-19)23-8-9-24-22-7-6-18-15-26(2,31)12-10-20(18)21(22)11-13-27(23,24)3/h4-5,14,16-18,20-24,31H,6-13,15H2,1-3H3,(H,29,30)/t17?,18-,20+,21-,22-,23-,24+,26-,27-/m1/s1. The van der Waals surface area contributed by atoms with Crippen molar-refractivity contribution in [3.63, 3.8) is 0 Å². The predicted molar refractivity (Wildman–Crippen MR) is 122 cm³/mol. The zero-order chi connectivity index (χ0) is 21.8. The Balaban J connectivity index is 1.28. The van der Waals surface area contributed by atoms with Crippen molar-refractivity contribution in [3.05, 3.63) is 30.1 Å². The van der Waals surface area contributed by atoms with Crippen LogP contribution in [0.5, 0.6) is 0 Å². The van der Waals surface area contributed by atoms with Gasteiger partial charge in [-0.05, 0) is 125 Å². The molecule has 170 valence electrons. The van der Waals surface area contributed by atoms with Gasteiger partial charge in [0.15, 0.2) is 0 Å². The lowest BCUT2D eigenvalue weighted by molar-refractivity contribution is -0.101. The Morgan fingerprint density at radius 2 is 1.90 bits per heavy atom. The van der Waals surface area contributed by atoms with Gasteiger partial charge in [-0.25, -0.2) is 0 Å². The number of pyridine rings is 1. The SMILES string of the molecule is CC(NC(=O)c1cccnc1)[C@H]1CC[C@H]2[C@@H]3CC[C@@H]4C[C@](C)(O)CC[C@@H]4[C@H]3CC[C@]12C. The lowest BCUT2D eigenvalue weighted by Gasteiger charge is -2.57. The minimum atomic E-state index is -0.433. The van der Waals surface area contributed by atoms with Gasteiger partial charge in [-0.15, -0.1) is 0 Å². The molecule has 4 fully saturated rings. The van der Waals surface area contributed by atoms with Crippen molar-refractivity contribution >= 4 is 5.91 Å². The molecular weight excluding hydrogens is 384 g/mol. The van der Waals surface area contributed by atoms with E-state index in [1.54, 1.807) is 12.4 Å². The molecule has 0 aromatic carbocycles. The number of nitrogens with one attached hydrogen (secondary N) is 1. The first-order valence-corrected chi connectivity index (χ1v) is 12.7. The van der Waals surface area contributed by atoms with E-state index < -0.39 is 5.60 Å². The Bertz CT molecular complexity index is 809. The number of hydrogen-bond donors (Lipinski definition) is 2. The molecule has 0 spiro atoms. The summed E-state index contributed by atoms with van der Waals surface area (Å²) in [6.45, 7) is 6.81. The topological polar surface area (TPSA) is 62.2 Å². The van der Waals surface area contributed by atoms with Crippen LogP contribution >= 0.6 is 0 Å². The predicted octanol–water partition coefficient (Wildman–Crippen LogP) is 5.22. The van der Waals surface area contributed by atoms with E-state index in [4.69, 9.17) is 0 Å². The third kappa shape index (κ3) is 3.73. The van der Waals surface area contributed by atoms with Gasteiger partial charge in [-0.3, -0.25) is 9.78 Å². The zero-order valence-corrected chi connectivity index (χ0v) is 19.5. The number of nitrogens with zero attached hydrogens (tertiary/aromatic N) is 1. The van der Waals surface area contributed by atoms with E-state index in [0.29, 0.717) is 16.9 Å². The zero-order valence-electron chi connectivity index (χ0n) is 19.5. The molecule has 4 saturated carbocycles. The second-order valence-electron chi connectivity index (χ2n) is 11.9. The van der Waals surface area contributed by atoms with Gasteiger partial charge in [-0.1, -0.05) is 6.92 Å². The van der Waals surface area contributed by atoms with Gasteiger partial charge in [0, 0.05) is 18.4 Å². The van der Waals surface area contributed by atoms with Crippen molar-refractivity contribution < 1.29 is 9.90 Å². The smallest absolute Gasteiger partial charge is 0.253 e. The molecule has 4 aliphatic rings. The summed E-state index contributed by atoms with van der Waals surface area (Å²) >= 11 is 0. The summed E-state index contributed by atoms with van der Waals surface area (Å²) in [5.41, 5.74) is 0.567. The molecule has 0 aliphatic heterocycles. The van der Waals surface area contributed by atoms with Crippen LogP contribution in [0.15, 0.2) is 24.5 Å². The number of aliphatic hydroxyl groups is 1. The van der Waals surface area contributed by atoms with Crippen LogP contribution in [0.1, 0.15) is 88.9 Å². The fourth-order valence-corrected chi connectivity index (χ4v) is 8.83. The number of carbonyl (C=O) groups is 1. The molecule has 0 radical (unpaired) electrons. The average molecular weight is 425 g/mol. The molecule has 4 aliphatic carbocycles. The molecule has 1 aromatic rings. The number of fused-ring (bicyclic) bond motifs is 5. The van der Waals surface area contributed by atoms with E-state index in [1.807, 2.05) is 12.1 Å². The largest absolute Gasteiger partial charge is 0.390 e. The molecule has 4 heteroatoms. The molecular formula is C27H40N2O2. The summed E-state index contributed by atoms with van der Waals surface area (Å²) < 4.78 is 0. The third-order valence-electron chi connectivity index (χ3n) is 10.2. The van der Waals surface area contributed by atoms with Crippen molar-refractivity contribution in [2.24, 2.45) is 40.9 Å². The third-order valence-corrected chi connectivity index (χ3v) is 10.2. The van der Waals surface area contributed by atoms with Gasteiger partial charge in [-0.2, -0.15) is 0 Å². The number of aromatic nitrogens is 1. The highest BCUT2D eigenvalue weighted by molar-refractivity contribution is 5.94. The molecule has 5 rings (SSSR count). The van der Waals surface area contributed by atoms with Crippen LogP contribution in [0.4, 0.5) is 0 Å². The minimum Gasteiger partial charge on any atom is -0.390 e. The highest BCUT2D eigenvalue weighted by atomic mass is 16.3. The fourth-order valence-electron chi connectivity index (χ4n) is 8.83. The van der Waals surface area contributed by atoms with Crippen LogP contribution in [0.2, 0.25) is 0 Å². The van der Waals surface area contributed by atoms with Crippen molar-refractivity contribution in [3.8, 4) is 0 Å². The summed E-state index contributed by atoms with van der Waals surface area (Å²) in [7, 11) is 0. The number of hydrogen-bond acceptors (Lipinski definition) is 3. The van der Waals surface area contributed by atoms with Crippen LogP contribution in [0.3, 0.4) is 0 Å². The van der Waals surface area contributed by atoms with Crippen LogP contribution in [0.25, 0.3) is 0 Å². The summed E-state index contributed by atoms with van der Waals surface area (Å²) in [5.74, 6) is 4.67. The van der Waals surface area contributed by atoms with Gasteiger partial charge in [0.05, 0.1) is 11.2 Å². The summed E-state index contributed by atoms with van der Waals surface area (Å²) in [6.07, 6.45) is 14.5. The molecule has 1 aromatic heterocycles. The van der Waals surface area contributed by atoms with Gasteiger partial charge in [0.1, 0.15) is 0 Å². The van der Waals surface area contributed by atoms with E-state index in [1.165, 1.54) is 44.9 Å². The first-order chi connectivity index (χ1) is 14.8. The molecule has 0 bridgehead atoms. The molecule has 4 nitrogen and oxygen atoms in total. The van der Waals surface area contributed by atoms with E-state index in [2.05, 4.69) is 31.1 Å². The molecule has 1 unspecified atom stereocenters. The van der Waals surface area contributed by atoms with Crippen LogP contribution in [0, 0.1) is 40.9 Å². The maximum Gasteiger partial charge on any atom is 0.253 e. The highest BCUT2D eigenvalue weighted by Crippen LogP contribution is 2.65. The summed E-state index contributed by atoms with van der Waals surface area (Å²) in [6, 6.07) is 3.87. The van der Waals surface area contributed by atoms with E-state index in [-0.39, 0.29) is 11.9 Å². The van der Waals surface area contributed by atoms with Crippen LogP contribution in [-0.4, -0.2) is 27.6 Å². The van der Waals surface area contributed by atoms with Gasteiger partial charge in [0.25, 0.3) is 5.91 Å².